The fourth-order valence-corrected chi connectivity index (χ4v) is 14.1. The number of benzene rings is 10. The van der Waals surface area contributed by atoms with Crippen LogP contribution >= 0.6 is 0 Å². The minimum Gasteiger partial charge on any atom is -0.255 e. The first-order chi connectivity index (χ1) is 50.5. The Bertz CT molecular complexity index is 6690. The summed E-state index contributed by atoms with van der Waals surface area (Å²) < 4.78 is 0. The molecule has 20 aromatic rings. The van der Waals surface area contributed by atoms with Gasteiger partial charge in [0.15, 0.2) is 0 Å². The predicted octanol–water partition coefficient (Wildman–Crippen LogP) is 22.7. The first-order valence-corrected chi connectivity index (χ1v) is 34.0. The maximum Gasteiger partial charge on any atom is 0.0972 e. The second kappa shape index (κ2) is 25.2. The van der Waals surface area contributed by atoms with Crippen molar-refractivity contribution in [1.29, 1.82) is 0 Å². The van der Waals surface area contributed by atoms with Crippen LogP contribution in [0.1, 0.15) is 0 Å². The highest BCUT2D eigenvalue weighted by atomic mass is 14.8. The second-order valence-electron chi connectivity index (χ2n) is 25.5. The normalized spacial score (nSPS) is 11.5. The van der Waals surface area contributed by atoms with E-state index in [0.29, 0.717) is 0 Å². The third kappa shape index (κ3) is 11.1. The Labute approximate surface area is 585 Å². The van der Waals surface area contributed by atoms with Crippen molar-refractivity contribution in [3.05, 3.63) is 340 Å². The first-order valence-electron chi connectivity index (χ1n) is 34.0. The molecule has 10 aromatic heterocycles. The number of hydrogen-bond acceptors (Lipinski definition) is 10. The monoisotopic (exact) mass is 1300 g/mol. The summed E-state index contributed by atoms with van der Waals surface area (Å²) in [6, 6.07) is 109. The number of nitrogens with zero attached hydrogens (tertiary/aromatic N) is 10. The Kier molecular flexibility index (Phi) is 14.6. The number of hydrogen-bond donors (Lipinski definition) is 0. The Balaban J connectivity index is 0.000000144. The maximum absolute atomic E-state index is 5.30. The first kappa shape index (κ1) is 59.3. The summed E-state index contributed by atoms with van der Waals surface area (Å²) in [6.45, 7) is 0. The molecular formula is C92H56N10. The molecule has 20 rings (SSSR count). The fraction of sp³-hybridized carbons (Fsp3) is 0. The highest BCUT2D eigenvalue weighted by Crippen LogP contribution is 2.40. The fourth-order valence-electron chi connectivity index (χ4n) is 14.1. The van der Waals surface area contributed by atoms with E-state index in [1.54, 1.807) is 12.4 Å². The van der Waals surface area contributed by atoms with Crippen molar-refractivity contribution in [2.45, 2.75) is 0 Å². The molecule has 0 aliphatic carbocycles. The summed E-state index contributed by atoms with van der Waals surface area (Å²) in [4.78, 5) is 48.8. The van der Waals surface area contributed by atoms with E-state index in [1.807, 2.05) is 91.3 Å². The van der Waals surface area contributed by atoms with Crippen LogP contribution < -0.4 is 0 Å². The molecular weight excluding hydrogens is 1250 g/mol. The van der Waals surface area contributed by atoms with Crippen LogP contribution in [-0.2, 0) is 0 Å². The highest BCUT2D eigenvalue weighted by Gasteiger charge is 2.17. The molecule has 10 aromatic carbocycles. The molecule has 0 radical (unpaired) electrons. The van der Waals surface area contributed by atoms with Crippen molar-refractivity contribution in [2.24, 2.45) is 0 Å². The second-order valence-corrected chi connectivity index (χ2v) is 25.5. The molecule has 0 spiro atoms. The molecule has 0 saturated heterocycles. The van der Waals surface area contributed by atoms with Crippen LogP contribution in [0, 0.1) is 0 Å². The topological polar surface area (TPSA) is 129 Å². The highest BCUT2D eigenvalue weighted by molar-refractivity contribution is 6.11. The Morgan fingerprint density at radius 1 is 0.157 bits per heavy atom. The smallest absolute Gasteiger partial charge is 0.0972 e. The van der Waals surface area contributed by atoms with Crippen LogP contribution in [-0.4, -0.2) is 49.8 Å². The quantitative estimate of drug-likeness (QED) is 0.129. The molecule has 0 aliphatic rings. The van der Waals surface area contributed by atoms with Gasteiger partial charge in [0.25, 0.3) is 0 Å². The Hall–Kier alpha value is -14.0. The molecule has 0 bridgehead atoms. The van der Waals surface area contributed by atoms with Gasteiger partial charge in [-0.1, -0.05) is 212 Å². The zero-order valence-electron chi connectivity index (χ0n) is 54.8. The van der Waals surface area contributed by atoms with E-state index >= 15 is 0 Å². The molecule has 0 saturated carbocycles. The van der Waals surface area contributed by atoms with E-state index < -0.39 is 0 Å². The average Bonchev–Trinajstić information content (AvgIpc) is 0.765. The van der Waals surface area contributed by atoms with Gasteiger partial charge in [0.2, 0.25) is 0 Å². The van der Waals surface area contributed by atoms with Crippen LogP contribution in [0.5, 0.6) is 0 Å². The van der Waals surface area contributed by atoms with Gasteiger partial charge in [-0.25, -0.2) is 29.9 Å². The van der Waals surface area contributed by atoms with Gasteiger partial charge in [0.05, 0.1) is 89.7 Å². The number of rotatable bonds is 9. The molecule has 0 amide bonds. The predicted molar refractivity (Wildman–Crippen MR) is 417 cm³/mol. The summed E-state index contributed by atoms with van der Waals surface area (Å²) in [5.41, 5.74) is 25.5. The number of aromatic nitrogens is 10. The van der Waals surface area contributed by atoms with E-state index in [4.69, 9.17) is 29.9 Å². The molecule has 102 heavy (non-hydrogen) atoms. The SMILES string of the molecule is c1ccc(-c2ccc3ccc(-c4ccc5ccc(-c6ccc(-c7cc8cccnc8c8ncccc78)cc6)cc5n4)cc3n2)nc1.c1ccc(-c2ccc3ccc4ccc(-c5ccc(-c6ccc7ccc(-c8ccc9ccc(-c%10ccccn%10)nc9c8)nc7c6)c6ccccc56)nc4c3n2)cc1. The van der Waals surface area contributed by atoms with Gasteiger partial charge in [-0.05, 0) is 147 Å². The standard InChI is InChI=1S/C51H31N5.C41H25N5/c1-2-8-32(9-3-1)43-26-21-35-15-16-36-22-27-45(56-51(36)50(35)55-43)42-24-23-39(40-10-4-5-11-41(40)42)37-17-13-33-19-25-44(53-48(33)30-37)38-18-14-34-20-28-47(54-49(34)31-38)46-12-6-7-29-52-46;1-2-20-42-36(7-1)37-19-17-29-13-15-31(25-39(29)46-37)35-18-16-28-12-14-30(24-38(28)45-35)26-8-10-27(11-9-26)34-23-32-5-3-21-43-40(32)41-33(34)6-4-22-44-41/h1-31H;1-25H. The van der Waals surface area contributed by atoms with Crippen LogP contribution in [0.4, 0.5) is 0 Å². The number of fused-ring (bicyclic) bond motifs is 11. The maximum atomic E-state index is 5.30. The van der Waals surface area contributed by atoms with Crippen molar-refractivity contribution < 1.29 is 0 Å². The zero-order valence-corrected chi connectivity index (χ0v) is 54.8. The van der Waals surface area contributed by atoms with Gasteiger partial charge < -0.3 is 0 Å². The lowest BCUT2D eigenvalue weighted by atomic mass is 9.93. The van der Waals surface area contributed by atoms with E-state index in [-0.39, 0.29) is 0 Å². The molecule has 0 atom stereocenters. The summed E-state index contributed by atoms with van der Waals surface area (Å²) in [6.07, 6.45) is 7.25. The Morgan fingerprint density at radius 3 is 1.16 bits per heavy atom. The van der Waals surface area contributed by atoms with E-state index in [0.717, 1.165) is 199 Å². The van der Waals surface area contributed by atoms with Gasteiger partial charge in [-0.2, -0.15) is 0 Å². The third-order valence-electron chi connectivity index (χ3n) is 19.3. The summed E-state index contributed by atoms with van der Waals surface area (Å²) in [7, 11) is 0. The molecule has 0 fully saturated rings. The summed E-state index contributed by atoms with van der Waals surface area (Å²) >= 11 is 0. The van der Waals surface area contributed by atoms with Crippen LogP contribution in [0.25, 0.3) is 199 Å². The lowest BCUT2D eigenvalue weighted by Gasteiger charge is -2.13. The van der Waals surface area contributed by atoms with Crippen molar-refractivity contribution in [1.82, 2.24) is 49.8 Å². The van der Waals surface area contributed by atoms with E-state index in [2.05, 4.69) is 257 Å². The molecule has 10 nitrogen and oxygen atoms in total. The average molecular weight is 1300 g/mol. The van der Waals surface area contributed by atoms with Crippen molar-refractivity contribution in [3.63, 3.8) is 0 Å². The van der Waals surface area contributed by atoms with Crippen LogP contribution in [0.2, 0.25) is 0 Å². The van der Waals surface area contributed by atoms with Gasteiger partial charge in [-0.3, -0.25) is 19.9 Å². The lowest BCUT2D eigenvalue weighted by molar-refractivity contribution is 1.28. The van der Waals surface area contributed by atoms with E-state index in [9.17, 15) is 0 Å². The minimum absolute atomic E-state index is 0.851. The molecule has 0 aliphatic heterocycles. The third-order valence-corrected chi connectivity index (χ3v) is 19.3. The van der Waals surface area contributed by atoms with Crippen molar-refractivity contribution in [3.8, 4) is 101 Å². The minimum atomic E-state index is 0.851. The zero-order chi connectivity index (χ0) is 67.5. The summed E-state index contributed by atoms with van der Waals surface area (Å²) in [5, 5.41) is 11.0. The molecule has 474 valence electrons. The molecule has 0 N–H and O–H groups in total. The van der Waals surface area contributed by atoms with Crippen molar-refractivity contribution >= 4 is 98.0 Å². The van der Waals surface area contributed by atoms with Crippen LogP contribution in [0.3, 0.4) is 0 Å². The van der Waals surface area contributed by atoms with Gasteiger partial charge in [-0.15, -0.1) is 0 Å². The lowest BCUT2D eigenvalue weighted by Crippen LogP contribution is -1.92. The summed E-state index contributed by atoms with van der Waals surface area (Å²) in [5.74, 6) is 0. The van der Waals surface area contributed by atoms with Gasteiger partial charge in [0, 0.05) is 90.1 Å². The molecule has 10 heteroatoms. The van der Waals surface area contributed by atoms with Gasteiger partial charge >= 0.3 is 0 Å². The van der Waals surface area contributed by atoms with E-state index in [1.165, 1.54) is 0 Å². The largest absolute Gasteiger partial charge is 0.255 e. The molecule has 0 unspecified atom stereocenters. The number of pyridine rings is 10. The van der Waals surface area contributed by atoms with Crippen molar-refractivity contribution in [2.75, 3.05) is 0 Å². The van der Waals surface area contributed by atoms with Crippen LogP contribution in [0.15, 0.2) is 340 Å². The van der Waals surface area contributed by atoms with Gasteiger partial charge in [0.1, 0.15) is 0 Å². The molecule has 10 heterocycles. The Morgan fingerprint density at radius 2 is 0.559 bits per heavy atom.